The SMILES string of the molecule is CN(C)C1CCC(Nc2ncnc3[nH]cc(C4CCC4)c23)CC1. The van der Waals surface area contributed by atoms with Crippen molar-refractivity contribution in [1.82, 2.24) is 19.9 Å². The van der Waals surface area contributed by atoms with Crippen LogP contribution >= 0.6 is 0 Å². The minimum absolute atomic E-state index is 0.536. The molecule has 2 aromatic rings. The number of nitrogens with one attached hydrogen (secondary N) is 2. The standard InChI is InChI=1S/C18H27N5/c1-23(2)14-8-6-13(7-9-14)22-18-16-15(12-4-3-5-12)10-19-17(16)20-11-21-18/h10-14H,3-9H2,1-2H3,(H2,19,20,21,22). The van der Waals surface area contributed by atoms with E-state index in [0.717, 1.165) is 17.5 Å². The van der Waals surface area contributed by atoms with E-state index in [0.29, 0.717) is 12.0 Å². The highest BCUT2D eigenvalue weighted by Crippen LogP contribution is 2.41. The third-order valence-electron chi connectivity index (χ3n) is 5.81. The van der Waals surface area contributed by atoms with Crippen molar-refractivity contribution in [2.24, 2.45) is 0 Å². The topological polar surface area (TPSA) is 56.8 Å². The largest absolute Gasteiger partial charge is 0.367 e. The predicted octanol–water partition coefficient (Wildman–Crippen LogP) is 3.51. The fourth-order valence-electron chi connectivity index (χ4n) is 4.07. The van der Waals surface area contributed by atoms with E-state index in [1.807, 2.05) is 0 Å². The van der Waals surface area contributed by atoms with E-state index in [-0.39, 0.29) is 0 Å². The van der Waals surface area contributed by atoms with Gasteiger partial charge in [0.1, 0.15) is 17.8 Å². The lowest BCUT2D eigenvalue weighted by Crippen LogP contribution is -2.36. The summed E-state index contributed by atoms with van der Waals surface area (Å²) >= 11 is 0. The van der Waals surface area contributed by atoms with Crippen molar-refractivity contribution < 1.29 is 0 Å². The number of nitrogens with zero attached hydrogens (tertiary/aromatic N) is 3. The number of fused-ring (bicyclic) bond motifs is 1. The van der Waals surface area contributed by atoms with E-state index < -0.39 is 0 Å². The van der Waals surface area contributed by atoms with Gasteiger partial charge in [0.15, 0.2) is 0 Å². The molecule has 0 bridgehead atoms. The second-order valence-corrected chi connectivity index (χ2v) is 7.43. The molecule has 2 aliphatic rings. The highest BCUT2D eigenvalue weighted by Gasteiger charge is 2.26. The van der Waals surface area contributed by atoms with Crippen LogP contribution in [0.1, 0.15) is 56.4 Å². The van der Waals surface area contributed by atoms with E-state index >= 15 is 0 Å². The molecule has 2 fully saturated rings. The molecule has 0 spiro atoms. The van der Waals surface area contributed by atoms with Crippen molar-refractivity contribution in [1.29, 1.82) is 0 Å². The molecule has 0 saturated heterocycles. The van der Waals surface area contributed by atoms with Gasteiger partial charge in [-0.25, -0.2) is 9.97 Å². The summed E-state index contributed by atoms with van der Waals surface area (Å²) in [6.07, 6.45) is 12.7. The van der Waals surface area contributed by atoms with Crippen LogP contribution in [-0.2, 0) is 0 Å². The first-order valence-corrected chi connectivity index (χ1v) is 8.97. The Kier molecular flexibility index (Phi) is 3.97. The predicted molar refractivity (Wildman–Crippen MR) is 93.8 cm³/mol. The van der Waals surface area contributed by atoms with Crippen molar-refractivity contribution in [2.45, 2.75) is 62.9 Å². The Bertz CT molecular complexity index is 665. The first-order chi connectivity index (χ1) is 11.2. The van der Waals surface area contributed by atoms with Gasteiger partial charge in [0.05, 0.1) is 5.39 Å². The number of anilines is 1. The van der Waals surface area contributed by atoms with Crippen LogP contribution in [0.2, 0.25) is 0 Å². The highest BCUT2D eigenvalue weighted by molar-refractivity contribution is 5.91. The number of hydrogen-bond donors (Lipinski definition) is 2. The van der Waals surface area contributed by atoms with Crippen LogP contribution in [0.15, 0.2) is 12.5 Å². The summed E-state index contributed by atoms with van der Waals surface area (Å²) in [5.74, 6) is 1.73. The zero-order chi connectivity index (χ0) is 15.8. The summed E-state index contributed by atoms with van der Waals surface area (Å²) in [5.41, 5.74) is 2.39. The van der Waals surface area contributed by atoms with E-state index in [2.05, 4.69) is 45.5 Å². The van der Waals surface area contributed by atoms with Crippen LogP contribution < -0.4 is 5.32 Å². The van der Waals surface area contributed by atoms with Crippen molar-refractivity contribution in [3.8, 4) is 0 Å². The Labute approximate surface area is 137 Å². The third kappa shape index (κ3) is 2.82. The Hall–Kier alpha value is -1.62. The van der Waals surface area contributed by atoms with Crippen LogP contribution in [0, 0.1) is 0 Å². The number of rotatable bonds is 4. The quantitative estimate of drug-likeness (QED) is 0.907. The monoisotopic (exact) mass is 313 g/mol. The molecular formula is C18H27N5. The van der Waals surface area contributed by atoms with E-state index in [1.165, 1.54) is 55.9 Å². The van der Waals surface area contributed by atoms with E-state index in [4.69, 9.17) is 0 Å². The Morgan fingerprint density at radius 3 is 2.52 bits per heavy atom. The second kappa shape index (κ2) is 6.11. The first-order valence-electron chi connectivity index (χ1n) is 8.97. The van der Waals surface area contributed by atoms with Crippen LogP contribution in [0.4, 0.5) is 5.82 Å². The fraction of sp³-hybridized carbons (Fsp3) is 0.667. The zero-order valence-electron chi connectivity index (χ0n) is 14.2. The van der Waals surface area contributed by atoms with Gasteiger partial charge in [-0.15, -0.1) is 0 Å². The lowest BCUT2D eigenvalue weighted by atomic mass is 9.80. The molecule has 0 aromatic carbocycles. The molecule has 5 heteroatoms. The molecule has 0 atom stereocenters. The van der Waals surface area contributed by atoms with Crippen molar-refractivity contribution in [2.75, 3.05) is 19.4 Å². The van der Waals surface area contributed by atoms with Gasteiger partial charge >= 0.3 is 0 Å². The van der Waals surface area contributed by atoms with Gasteiger partial charge in [0.2, 0.25) is 0 Å². The van der Waals surface area contributed by atoms with Crippen LogP contribution in [0.5, 0.6) is 0 Å². The maximum Gasteiger partial charge on any atom is 0.143 e. The molecule has 2 aromatic heterocycles. The van der Waals surface area contributed by atoms with Crippen molar-refractivity contribution in [3.63, 3.8) is 0 Å². The molecule has 0 unspecified atom stereocenters. The van der Waals surface area contributed by atoms with Gasteiger partial charge in [-0.1, -0.05) is 6.42 Å². The maximum atomic E-state index is 4.58. The molecule has 124 valence electrons. The molecule has 4 rings (SSSR count). The fourth-order valence-corrected chi connectivity index (χ4v) is 4.07. The number of aromatic amines is 1. The normalized spacial score (nSPS) is 25.7. The van der Waals surface area contributed by atoms with Crippen LogP contribution in [0.25, 0.3) is 11.0 Å². The molecule has 0 aliphatic heterocycles. The lowest BCUT2D eigenvalue weighted by Gasteiger charge is -2.33. The summed E-state index contributed by atoms with van der Waals surface area (Å²) in [5, 5.41) is 4.95. The Morgan fingerprint density at radius 1 is 1.09 bits per heavy atom. The molecule has 23 heavy (non-hydrogen) atoms. The summed E-state index contributed by atoms with van der Waals surface area (Å²) in [4.78, 5) is 14.7. The molecule has 2 heterocycles. The molecule has 5 nitrogen and oxygen atoms in total. The van der Waals surface area contributed by atoms with Gasteiger partial charge < -0.3 is 15.2 Å². The number of hydrogen-bond acceptors (Lipinski definition) is 4. The summed E-state index contributed by atoms with van der Waals surface area (Å²) in [6.45, 7) is 0. The number of aromatic nitrogens is 3. The van der Waals surface area contributed by atoms with Crippen molar-refractivity contribution in [3.05, 3.63) is 18.1 Å². The number of H-pyrrole nitrogens is 1. The highest BCUT2D eigenvalue weighted by atomic mass is 15.1. The molecule has 2 aliphatic carbocycles. The van der Waals surface area contributed by atoms with Gasteiger partial charge in [0.25, 0.3) is 0 Å². The summed E-state index contributed by atoms with van der Waals surface area (Å²) < 4.78 is 0. The minimum atomic E-state index is 0.536. The Balaban J connectivity index is 1.54. The average molecular weight is 313 g/mol. The zero-order valence-corrected chi connectivity index (χ0v) is 14.2. The Morgan fingerprint density at radius 2 is 1.87 bits per heavy atom. The molecule has 2 N–H and O–H groups in total. The third-order valence-corrected chi connectivity index (χ3v) is 5.81. The summed E-state index contributed by atoms with van der Waals surface area (Å²) in [6, 6.07) is 1.27. The van der Waals surface area contributed by atoms with E-state index in [9.17, 15) is 0 Å². The average Bonchev–Trinajstić information content (AvgIpc) is 2.91. The van der Waals surface area contributed by atoms with Gasteiger partial charge in [-0.2, -0.15) is 0 Å². The van der Waals surface area contributed by atoms with Gasteiger partial charge in [-0.05, 0) is 64.1 Å². The second-order valence-electron chi connectivity index (χ2n) is 7.43. The summed E-state index contributed by atoms with van der Waals surface area (Å²) in [7, 11) is 4.38. The van der Waals surface area contributed by atoms with Crippen LogP contribution in [-0.4, -0.2) is 46.0 Å². The molecule has 0 amide bonds. The molecule has 0 radical (unpaired) electrons. The lowest BCUT2D eigenvalue weighted by molar-refractivity contribution is 0.221. The first kappa shape index (κ1) is 14.9. The van der Waals surface area contributed by atoms with Gasteiger partial charge in [-0.3, -0.25) is 0 Å². The minimum Gasteiger partial charge on any atom is -0.367 e. The smallest absolute Gasteiger partial charge is 0.143 e. The van der Waals surface area contributed by atoms with Crippen molar-refractivity contribution >= 4 is 16.9 Å². The maximum absolute atomic E-state index is 4.58. The van der Waals surface area contributed by atoms with E-state index in [1.54, 1.807) is 6.33 Å². The van der Waals surface area contributed by atoms with Crippen LogP contribution in [0.3, 0.4) is 0 Å². The molecule has 2 saturated carbocycles. The van der Waals surface area contributed by atoms with Gasteiger partial charge in [0, 0.05) is 18.3 Å². The molecular weight excluding hydrogens is 286 g/mol.